The van der Waals surface area contributed by atoms with Crippen molar-refractivity contribution < 1.29 is 4.68 Å². The molecule has 1 aromatic heterocycles. The third-order valence-electron chi connectivity index (χ3n) is 3.33. The molecule has 4 heteroatoms. The highest BCUT2D eigenvalue weighted by molar-refractivity contribution is 7.71. The molecular formula is C17H16N3S+. The Kier molecular flexibility index (Phi) is 3.79. The summed E-state index contributed by atoms with van der Waals surface area (Å²) >= 11 is 5.26. The van der Waals surface area contributed by atoms with Crippen molar-refractivity contribution in [3.63, 3.8) is 0 Å². The van der Waals surface area contributed by atoms with E-state index in [-0.39, 0.29) is 0 Å². The molecule has 0 aliphatic carbocycles. The Balaban J connectivity index is 2.11. The summed E-state index contributed by atoms with van der Waals surface area (Å²) in [6.45, 7) is 0. The number of H-pyrrole nitrogens is 1. The molecule has 0 amide bonds. The molecule has 0 saturated carbocycles. The number of nitrogens with one attached hydrogen (secondary N) is 1. The van der Waals surface area contributed by atoms with Gasteiger partial charge >= 0.3 is 0 Å². The molecule has 2 aromatic carbocycles. The molecular weight excluding hydrogens is 278 g/mol. The monoisotopic (exact) mass is 294 g/mol. The van der Waals surface area contributed by atoms with Crippen molar-refractivity contribution in [2.45, 2.75) is 6.42 Å². The second kappa shape index (κ2) is 5.89. The lowest BCUT2D eigenvalue weighted by Crippen LogP contribution is -2.40. The lowest BCUT2D eigenvalue weighted by Gasteiger charge is -2.04. The summed E-state index contributed by atoms with van der Waals surface area (Å²) in [7, 11) is 0. The maximum atomic E-state index is 5.97. The topological polar surface area (TPSA) is 45.7 Å². The number of anilines is 1. The molecule has 0 radical (unpaired) electrons. The minimum Gasteiger partial charge on any atom is -0.396 e. The molecule has 0 atom stereocenters. The van der Waals surface area contributed by atoms with Gasteiger partial charge in [0.15, 0.2) is 4.64 Å². The summed E-state index contributed by atoms with van der Waals surface area (Å²) in [6.07, 6.45) is 0.784. The number of rotatable bonds is 3. The number of hydrogen-bond donors (Lipinski definition) is 2. The van der Waals surface area contributed by atoms with Gasteiger partial charge in [0.2, 0.25) is 11.4 Å². The zero-order valence-electron chi connectivity index (χ0n) is 11.5. The number of benzene rings is 2. The molecule has 1 heterocycles. The average Bonchev–Trinajstić information content (AvgIpc) is 2.52. The Morgan fingerprint density at radius 3 is 2.24 bits per heavy atom. The number of para-hydroxylation sites is 1. The molecule has 0 saturated heterocycles. The number of aromatic nitrogens is 2. The summed E-state index contributed by atoms with van der Waals surface area (Å²) in [6, 6.07) is 22.3. The smallest absolute Gasteiger partial charge is 0.235 e. The molecule has 0 unspecified atom stereocenters. The molecule has 3 nitrogen and oxygen atoms in total. The van der Waals surface area contributed by atoms with Gasteiger partial charge in [0.25, 0.3) is 0 Å². The van der Waals surface area contributed by atoms with Crippen LogP contribution in [0.4, 0.5) is 5.69 Å². The molecule has 0 spiro atoms. The van der Waals surface area contributed by atoms with Crippen LogP contribution in [0.5, 0.6) is 0 Å². The van der Waals surface area contributed by atoms with E-state index in [1.165, 1.54) is 5.56 Å². The van der Waals surface area contributed by atoms with E-state index >= 15 is 0 Å². The van der Waals surface area contributed by atoms with E-state index in [0.29, 0.717) is 10.3 Å². The zero-order valence-corrected chi connectivity index (χ0v) is 12.3. The molecule has 0 aliphatic rings. The number of hydrogen-bond acceptors (Lipinski definition) is 2. The van der Waals surface area contributed by atoms with E-state index < -0.39 is 0 Å². The van der Waals surface area contributed by atoms with Crippen molar-refractivity contribution in [3.05, 3.63) is 82.6 Å². The van der Waals surface area contributed by atoms with Gasteiger partial charge in [-0.05, 0) is 5.56 Å². The van der Waals surface area contributed by atoms with Gasteiger partial charge in [0.1, 0.15) is 0 Å². The molecule has 0 bridgehead atoms. The predicted octanol–water partition coefficient (Wildman–Crippen LogP) is 3.19. The Hall–Kier alpha value is -2.46. The van der Waals surface area contributed by atoms with Gasteiger partial charge in [-0.25, -0.2) is 0 Å². The molecule has 104 valence electrons. The first kappa shape index (κ1) is 13.5. The maximum Gasteiger partial charge on any atom is 0.235 e. The minimum absolute atomic E-state index is 0.552. The van der Waals surface area contributed by atoms with Crippen molar-refractivity contribution in [2.24, 2.45) is 0 Å². The van der Waals surface area contributed by atoms with Gasteiger partial charge in [-0.2, -0.15) is 0 Å². The van der Waals surface area contributed by atoms with E-state index in [1.807, 2.05) is 59.3 Å². The van der Waals surface area contributed by atoms with Crippen LogP contribution in [-0.4, -0.2) is 5.10 Å². The standard InChI is InChI=1S/C17H15N3S/c18-16-12-15(11-13-7-3-1-4-8-13)20(19-17(16)21)14-9-5-2-6-10-14/h1-10,12,18H,11H2,(H,19,21)/p+1. The van der Waals surface area contributed by atoms with E-state index in [4.69, 9.17) is 18.0 Å². The van der Waals surface area contributed by atoms with Gasteiger partial charge in [0.05, 0.1) is 12.1 Å². The molecule has 3 rings (SSSR count). The summed E-state index contributed by atoms with van der Waals surface area (Å²) in [5, 5.41) is 3.19. The van der Waals surface area contributed by atoms with E-state index in [0.717, 1.165) is 17.8 Å². The quantitative estimate of drug-likeness (QED) is 0.575. The molecule has 21 heavy (non-hydrogen) atoms. The summed E-state index contributed by atoms with van der Waals surface area (Å²) in [5.41, 5.74) is 9.91. The van der Waals surface area contributed by atoms with Gasteiger partial charge < -0.3 is 5.73 Å². The third-order valence-corrected chi connectivity index (χ3v) is 3.65. The SMILES string of the molecule is Nc1cc(Cc2ccccc2)[n+](-c2ccccc2)[nH]c1=S. The maximum absolute atomic E-state index is 5.97. The molecule has 0 fully saturated rings. The largest absolute Gasteiger partial charge is 0.396 e. The van der Waals surface area contributed by atoms with Crippen LogP contribution in [0.3, 0.4) is 0 Å². The number of nitrogen functional groups attached to an aromatic ring is 1. The first-order chi connectivity index (χ1) is 10.2. The lowest BCUT2D eigenvalue weighted by molar-refractivity contribution is -0.667. The van der Waals surface area contributed by atoms with Crippen LogP contribution in [-0.2, 0) is 6.42 Å². The Bertz CT molecular complexity index is 795. The first-order valence-corrected chi connectivity index (χ1v) is 7.18. The number of nitrogens with zero attached hydrogens (tertiary/aromatic N) is 1. The Morgan fingerprint density at radius 1 is 0.952 bits per heavy atom. The van der Waals surface area contributed by atoms with E-state index in [9.17, 15) is 0 Å². The number of nitrogens with two attached hydrogens (primary N) is 1. The van der Waals surface area contributed by atoms with Crippen LogP contribution < -0.4 is 10.4 Å². The Morgan fingerprint density at radius 2 is 1.57 bits per heavy atom. The predicted molar refractivity (Wildman–Crippen MR) is 86.8 cm³/mol. The second-order valence-corrected chi connectivity index (χ2v) is 5.27. The van der Waals surface area contributed by atoms with Gasteiger partial charge in [-0.1, -0.05) is 65.4 Å². The minimum atomic E-state index is 0.552. The normalized spacial score (nSPS) is 10.5. The van der Waals surface area contributed by atoms with Crippen LogP contribution in [0.25, 0.3) is 5.69 Å². The molecule has 3 N–H and O–H groups in total. The summed E-state index contributed by atoms with van der Waals surface area (Å²) in [4.78, 5) is 0. The first-order valence-electron chi connectivity index (χ1n) is 6.77. The van der Waals surface area contributed by atoms with Crippen LogP contribution >= 0.6 is 12.2 Å². The number of aromatic amines is 1. The van der Waals surface area contributed by atoms with Crippen LogP contribution in [0.15, 0.2) is 66.7 Å². The highest BCUT2D eigenvalue weighted by Crippen LogP contribution is 2.11. The van der Waals surface area contributed by atoms with Crippen molar-refractivity contribution in [2.75, 3.05) is 5.73 Å². The molecule has 0 aliphatic heterocycles. The highest BCUT2D eigenvalue weighted by atomic mass is 32.1. The second-order valence-electron chi connectivity index (χ2n) is 4.87. The van der Waals surface area contributed by atoms with Crippen LogP contribution in [0, 0.1) is 4.64 Å². The fourth-order valence-corrected chi connectivity index (χ4v) is 2.44. The van der Waals surface area contributed by atoms with Gasteiger partial charge in [-0.15, -0.1) is 5.10 Å². The summed E-state index contributed by atoms with van der Waals surface area (Å²) in [5.74, 6) is 0. The van der Waals surface area contributed by atoms with Crippen molar-refractivity contribution >= 4 is 17.9 Å². The Labute approximate surface area is 128 Å². The van der Waals surface area contributed by atoms with Crippen LogP contribution in [0.2, 0.25) is 0 Å². The van der Waals surface area contributed by atoms with Crippen molar-refractivity contribution in [1.29, 1.82) is 0 Å². The van der Waals surface area contributed by atoms with Crippen molar-refractivity contribution in [1.82, 2.24) is 5.10 Å². The zero-order chi connectivity index (χ0) is 14.7. The van der Waals surface area contributed by atoms with Gasteiger partial charge in [0, 0.05) is 18.2 Å². The fraction of sp³-hybridized carbons (Fsp3) is 0.0588. The van der Waals surface area contributed by atoms with E-state index in [1.54, 1.807) is 0 Å². The highest BCUT2D eigenvalue weighted by Gasteiger charge is 2.16. The van der Waals surface area contributed by atoms with Crippen molar-refractivity contribution in [3.8, 4) is 5.69 Å². The fourth-order valence-electron chi connectivity index (χ4n) is 2.29. The van der Waals surface area contributed by atoms with Gasteiger partial charge in [-0.3, -0.25) is 0 Å². The lowest BCUT2D eigenvalue weighted by atomic mass is 10.1. The van der Waals surface area contributed by atoms with Crippen LogP contribution in [0.1, 0.15) is 11.3 Å². The average molecular weight is 294 g/mol. The van der Waals surface area contributed by atoms with E-state index in [2.05, 4.69) is 17.2 Å². The summed E-state index contributed by atoms with van der Waals surface area (Å²) < 4.78 is 2.54. The molecule has 3 aromatic rings. The third kappa shape index (κ3) is 3.01.